The summed E-state index contributed by atoms with van der Waals surface area (Å²) in [5.74, 6) is 1.10. The lowest BCUT2D eigenvalue weighted by atomic mass is 10.2. The van der Waals surface area contributed by atoms with Crippen LogP contribution in [0.25, 0.3) is 0 Å². The lowest BCUT2D eigenvalue weighted by Crippen LogP contribution is -2.20. The van der Waals surface area contributed by atoms with Crippen molar-refractivity contribution in [2.45, 2.75) is 19.4 Å². The SMILES string of the molecule is COC(=O)c1ccc(C(C)NCCCS(C)=O)o1. The molecule has 1 aromatic rings. The molecule has 5 nitrogen and oxygen atoms in total. The summed E-state index contributed by atoms with van der Waals surface area (Å²) in [4.78, 5) is 11.2. The highest BCUT2D eigenvalue weighted by molar-refractivity contribution is 7.84. The highest BCUT2D eigenvalue weighted by Crippen LogP contribution is 2.16. The number of furan rings is 1. The molecular formula is C12H19NO4S. The van der Waals surface area contributed by atoms with Gasteiger partial charge in [-0.25, -0.2) is 4.79 Å². The highest BCUT2D eigenvalue weighted by atomic mass is 32.2. The molecule has 1 heterocycles. The lowest BCUT2D eigenvalue weighted by molar-refractivity contribution is 0.0562. The summed E-state index contributed by atoms with van der Waals surface area (Å²) in [5.41, 5.74) is 0. The van der Waals surface area contributed by atoms with E-state index >= 15 is 0 Å². The van der Waals surface area contributed by atoms with E-state index in [1.807, 2.05) is 6.92 Å². The van der Waals surface area contributed by atoms with E-state index in [0.29, 0.717) is 11.5 Å². The minimum atomic E-state index is -0.753. The van der Waals surface area contributed by atoms with E-state index < -0.39 is 16.8 Å². The van der Waals surface area contributed by atoms with Crippen LogP contribution in [0.3, 0.4) is 0 Å². The molecule has 1 rings (SSSR count). The van der Waals surface area contributed by atoms with Crippen molar-refractivity contribution in [3.8, 4) is 0 Å². The summed E-state index contributed by atoms with van der Waals surface area (Å²) in [6.07, 6.45) is 2.54. The minimum absolute atomic E-state index is 0.00805. The van der Waals surface area contributed by atoms with Gasteiger partial charge in [0.15, 0.2) is 0 Å². The maximum Gasteiger partial charge on any atom is 0.373 e. The fourth-order valence-corrected chi connectivity index (χ4v) is 2.04. The molecule has 0 radical (unpaired) electrons. The molecule has 0 aromatic carbocycles. The van der Waals surface area contributed by atoms with Crippen molar-refractivity contribution in [3.05, 3.63) is 23.7 Å². The summed E-state index contributed by atoms with van der Waals surface area (Å²) in [5, 5.41) is 3.24. The zero-order chi connectivity index (χ0) is 13.5. The van der Waals surface area contributed by atoms with E-state index in [1.165, 1.54) is 7.11 Å². The monoisotopic (exact) mass is 273 g/mol. The minimum Gasteiger partial charge on any atom is -0.463 e. The van der Waals surface area contributed by atoms with E-state index in [-0.39, 0.29) is 11.8 Å². The topological polar surface area (TPSA) is 68.5 Å². The van der Waals surface area contributed by atoms with Gasteiger partial charge in [-0.15, -0.1) is 0 Å². The fourth-order valence-electron chi connectivity index (χ4n) is 1.49. The zero-order valence-electron chi connectivity index (χ0n) is 10.9. The smallest absolute Gasteiger partial charge is 0.373 e. The van der Waals surface area contributed by atoms with Crippen LogP contribution in [0.5, 0.6) is 0 Å². The van der Waals surface area contributed by atoms with Gasteiger partial charge in [0.25, 0.3) is 0 Å². The van der Waals surface area contributed by atoms with Crippen LogP contribution in [-0.2, 0) is 15.5 Å². The van der Waals surface area contributed by atoms with E-state index in [0.717, 1.165) is 13.0 Å². The Hall–Kier alpha value is -1.14. The van der Waals surface area contributed by atoms with Crippen molar-refractivity contribution in [2.75, 3.05) is 25.7 Å². The number of carbonyl (C=O) groups excluding carboxylic acids is 1. The van der Waals surface area contributed by atoms with Gasteiger partial charge in [-0.05, 0) is 32.0 Å². The maximum absolute atomic E-state index is 11.2. The van der Waals surface area contributed by atoms with Gasteiger partial charge < -0.3 is 14.5 Å². The highest BCUT2D eigenvalue weighted by Gasteiger charge is 2.14. The van der Waals surface area contributed by atoms with E-state index in [4.69, 9.17) is 4.42 Å². The number of ether oxygens (including phenoxy) is 1. The van der Waals surface area contributed by atoms with Gasteiger partial charge in [0, 0.05) is 22.8 Å². The molecule has 0 saturated heterocycles. The molecule has 0 bridgehead atoms. The molecule has 2 atom stereocenters. The van der Waals surface area contributed by atoms with Crippen LogP contribution in [0, 0.1) is 0 Å². The molecule has 0 aliphatic heterocycles. The van der Waals surface area contributed by atoms with Crippen LogP contribution >= 0.6 is 0 Å². The number of methoxy groups -OCH3 is 1. The predicted molar refractivity (Wildman–Crippen MR) is 70.0 cm³/mol. The van der Waals surface area contributed by atoms with E-state index in [1.54, 1.807) is 18.4 Å². The fraction of sp³-hybridized carbons (Fsp3) is 0.583. The molecule has 0 spiro atoms. The second-order valence-electron chi connectivity index (χ2n) is 4.00. The molecule has 0 aliphatic rings. The molecule has 1 aromatic heterocycles. The summed E-state index contributed by atoms with van der Waals surface area (Å²) >= 11 is 0. The van der Waals surface area contributed by atoms with Crippen LogP contribution in [0.15, 0.2) is 16.5 Å². The molecular weight excluding hydrogens is 254 g/mol. The lowest BCUT2D eigenvalue weighted by Gasteiger charge is -2.10. The molecule has 0 fully saturated rings. The van der Waals surface area contributed by atoms with Gasteiger partial charge in [-0.2, -0.15) is 0 Å². The average Bonchev–Trinajstić information content (AvgIpc) is 2.82. The largest absolute Gasteiger partial charge is 0.463 e. The molecule has 6 heteroatoms. The molecule has 0 amide bonds. The third-order valence-corrected chi connectivity index (χ3v) is 3.36. The number of hydrogen-bond donors (Lipinski definition) is 1. The third kappa shape index (κ3) is 4.62. The Morgan fingerprint density at radius 3 is 2.89 bits per heavy atom. The Kier molecular flexibility index (Phi) is 6.07. The summed E-state index contributed by atoms with van der Waals surface area (Å²) in [6.45, 7) is 2.71. The van der Waals surface area contributed by atoms with Crippen LogP contribution < -0.4 is 5.32 Å². The van der Waals surface area contributed by atoms with Gasteiger partial charge in [-0.3, -0.25) is 4.21 Å². The van der Waals surface area contributed by atoms with Crippen LogP contribution in [0.4, 0.5) is 0 Å². The van der Waals surface area contributed by atoms with Crippen molar-refractivity contribution in [1.29, 1.82) is 0 Å². The Morgan fingerprint density at radius 2 is 2.28 bits per heavy atom. The first kappa shape index (κ1) is 14.9. The van der Waals surface area contributed by atoms with Crippen molar-refractivity contribution in [1.82, 2.24) is 5.32 Å². The Labute approximate surface area is 109 Å². The maximum atomic E-state index is 11.2. The second-order valence-corrected chi connectivity index (χ2v) is 5.55. The van der Waals surface area contributed by atoms with Crippen molar-refractivity contribution in [3.63, 3.8) is 0 Å². The van der Waals surface area contributed by atoms with Crippen LogP contribution in [0.1, 0.15) is 35.7 Å². The molecule has 0 saturated carbocycles. The summed E-state index contributed by atoms with van der Waals surface area (Å²) in [6, 6.07) is 3.36. The molecule has 2 unspecified atom stereocenters. The van der Waals surface area contributed by atoms with Crippen LogP contribution in [-0.4, -0.2) is 35.8 Å². The molecule has 18 heavy (non-hydrogen) atoms. The first-order valence-corrected chi connectivity index (χ1v) is 7.48. The molecule has 0 aliphatic carbocycles. The van der Waals surface area contributed by atoms with Crippen LogP contribution in [0.2, 0.25) is 0 Å². The first-order valence-electron chi connectivity index (χ1n) is 5.76. The Balaban J connectivity index is 2.41. The Morgan fingerprint density at radius 1 is 1.56 bits per heavy atom. The molecule has 102 valence electrons. The quantitative estimate of drug-likeness (QED) is 0.602. The van der Waals surface area contributed by atoms with Gasteiger partial charge in [-0.1, -0.05) is 0 Å². The standard InChI is InChI=1S/C12H19NO4S/c1-9(13-7-4-8-18(3)15)10-5-6-11(17-10)12(14)16-2/h5-6,9,13H,4,7-8H2,1-3H3. The van der Waals surface area contributed by atoms with Crippen molar-refractivity contribution < 1.29 is 18.2 Å². The van der Waals surface area contributed by atoms with Gasteiger partial charge >= 0.3 is 5.97 Å². The number of esters is 1. The van der Waals surface area contributed by atoms with Crippen molar-refractivity contribution >= 4 is 16.8 Å². The van der Waals surface area contributed by atoms with E-state index in [2.05, 4.69) is 10.1 Å². The predicted octanol–water partition coefficient (Wildman–Crippen LogP) is 1.49. The van der Waals surface area contributed by atoms with Crippen molar-refractivity contribution in [2.24, 2.45) is 0 Å². The first-order chi connectivity index (χ1) is 8.54. The average molecular weight is 273 g/mol. The number of hydrogen-bond acceptors (Lipinski definition) is 5. The van der Waals surface area contributed by atoms with E-state index in [9.17, 15) is 9.00 Å². The number of carbonyl (C=O) groups is 1. The van der Waals surface area contributed by atoms with Gasteiger partial charge in [0.1, 0.15) is 5.76 Å². The normalized spacial score (nSPS) is 14.2. The molecule has 1 N–H and O–H groups in total. The third-order valence-electron chi connectivity index (χ3n) is 2.50. The zero-order valence-corrected chi connectivity index (χ0v) is 11.7. The van der Waals surface area contributed by atoms with Gasteiger partial charge in [0.05, 0.1) is 13.2 Å². The second kappa shape index (κ2) is 7.33. The Bertz CT molecular complexity index is 416. The summed E-state index contributed by atoms with van der Waals surface area (Å²) < 4.78 is 20.8. The summed E-state index contributed by atoms with van der Waals surface area (Å²) in [7, 11) is 0.564. The number of rotatable bonds is 7. The van der Waals surface area contributed by atoms with Gasteiger partial charge in [0.2, 0.25) is 5.76 Å². The number of nitrogens with one attached hydrogen (secondary N) is 1.